The quantitative estimate of drug-likeness (QED) is 0.194. The van der Waals surface area contributed by atoms with Crippen molar-refractivity contribution < 1.29 is 0 Å². The number of hydrogen-bond acceptors (Lipinski definition) is 0. The van der Waals surface area contributed by atoms with E-state index in [0.29, 0.717) is 17.7 Å². The molecule has 2 fully saturated rings. The number of alkyl halides is 2. The van der Waals surface area contributed by atoms with Gasteiger partial charge in [0, 0.05) is 6.84 Å². The molecule has 0 heterocycles. The van der Waals surface area contributed by atoms with E-state index in [1.54, 1.807) is 0 Å². The van der Waals surface area contributed by atoms with Crippen LogP contribution in [-0.4, -0.2) is 6.84 Å². The number of rotatable bonds is 5. The molecule has 0 bridgehead atoms. The van der Waals surface area contributed by atoms with Crippen molar-refractivity contribution >= 4 is 45.2 Å². The molecule has 2 aliphatic carbocycles. The summed E-state index contributed by atoms with van der Waals surface area (Å²) in [6.45, 7) is 20.2. The zero-order chi connectivity index (χ0) is 28.5. The van der Waals surface area contributed by atoms with Crippen LogP contribution >= 0.6 is 45.2 Å². The van der Waals surface area contributed by atoms with Gasteiger partial charge < -0.3 is 0 Å². The van der Waals surface area contributed by atoms with Gasteiger partial charge in [0.25, 0.3) is 0 Å². The average Bonchev–Trinajstić information content (AvgIpc) is 2.85. The molecule has 0 nitrogen and oxygen atoms in total. The normalized spacial score (nSPS) is 37.7. The van der Waals surface area contributed by atoms with Crippen LogP contribution in [0.15, 0.2) is 0 Å². The highest BCUT2D eigenvalue weighted by molar-refractivity contribution is 14.1. The second-order valence-corrected chi connectivity index (χ2v) is 20.6. The van der Waals surface area contributed by atoms with E-state index in [2.05, 4.69) is 101 Å². The monoisotopic (exact) mass is 754 g/mol. The lowest BCUT2D eigenvalue weighted by atomic mass is 9.63. The molecule has 0 aromatic heterocycles. The van der Waals surface area contributed by atoms with Crippen molar-refractivity contribution in [2.75, 3.05) is 0 Å². The third kappa shape index (κ3) is 10.9. The molecule has 0 amide bonds. The molecule has 38 heavy (non-hydrogen) atoms. The van der Waals surface area contributed by atoms with E-state index in [0.717, 1.165) is 23.7 Å². The van der Waals surface area contributed by atoms with Gasteiger partial charge in [-0.2, -0.15) is 0 Å². The maximum Gasteiger partial charge on any atom is 0.0219 e. The average molecular weight is 755 g/mol. The lowest BCUT2D eigenvalue weighted by Crippen LogP contribution is -2.38. The van der Waals surface area contributed by atoms with Crippen LogP contribution in [0.4, 0.5) is 0 Å². The van der Waals surface area contributed by atoms with E-state index >= 15 is 0 Å². The molecule has 7 atom stereocenters. The third-order valence-corrected chi connectivity index (χ3v) is 15.3. The van der Waals surface area contributed by atoms with Crippen LogP contribution in [0.25, 0.3) is 0 Å². The molecule has 0 aromatic rings. The van der Waals surface area contributed by atoms with Crippen LogP contribution in [-0.2, 0) is 0 Å². The van der Waals surface area contributed by atoms with Crippen molar-refractivity contribution in [1.82, 2.24) is 0 Å². The predicted octanol–water partition coefficient (Wildman–Crippen LogP) is 13.8. The second kappa shape index (κ2) is 16.3. The maximum absolute atomic E-state index is 2.83. The summed E-state index contributed by atoms with van der Waals surface area (Å²) in [7, 11) is 0. The van der Waals surface area contributed by atoms with Gasteiger partial charge in [-0.1, -0.05) is 171 Å². The van der Waals surface area contributed by atoms with Gasteiger partial charge in [0.05, 0.1) is 0 Å². The van der Waals surface area contributed by atoms with Gasteiger partial charge >= 0.3 is 0 Å². The topological polar surface area (TPSA) is 0 Å². The van der Waals surface area contributed by atoms with E-state index in [9.17, 15) is 0 Å². The lowest BCUT2D eigenvalue weighted by Gasteiger charge is -2.45. The van der Waals surface area contributed by atoms with Crippen LogP contribution in [0.5, 0.6) is 0 Å². The molecule has 2 heteroatoms. The first-order valence-electron chi connectivity index (χ1n) is 17.2. The lowest BCUT2D eigenvalue weighted by molar-refractivity contribution is 0.108. The van der Waals surface area contributed by atoms with Gasteiger partial charge in [-0.15, -0.1) is 0 Å². The van der Waals surface area contributed by atoms with Gasteiger partial charge in [-0.25, -0.2) is 0 Å². The molecule has 1 spiro atoms. The van der Waals surface area contributed by atoms with Gasteiger partial charge in [0.1, 0.15) is 0 Å². The Morgan fingerprint density at radius 2 is 1.24 bits per heavy atom. The Labute approximate surface area is 268 Å². The fourth-order valence-corrected chi connectivity index (χ4v) is 9.32. The zero-order valence-electron chi connectivity index (χ0n) is 27.2. The minimum Gasteiger partial charge on any atom is -0.0789 e. The van der Waals surface area contributed by atoms with Crippen molar-refractivity contribution in [3.63, 3.8) is 0 Å². The molecule has 7 unspecified atom stereocenters. The predicted molar refractivity (Wildman–Crippen MR) is 190 cm³/mol. The molecule has 2 saturated carbocycles. The van der Waals surface area contributed by atoms with E-state index in [1.165, 1.54) is 128 Å². The highest BCUT2D eigenvalue weighted by Crippen LogP contribution is 2.52. The van der Waals surface area contributed by atoms with E-state index in [-0.39, 0.29) is 0 Å². The maximum atomic E-state index is 2.83. The third-order valence-electron chi connectivity index (χ3n) is 12.4. The van der Waals surface area contributed by atoms with Crippen LogP contribution in [0.2, 0.25) is 0 Å². The Kier molecular flexibility index (Phi) is 15.3. The summed E-state index contributed by atoms with van der Waals surface area (Å²) in [4.78, 5) is 0. The summed E-state index contributed by atoms with van der Waals surface area (Å²) < 4.78 is 0.805. The first-order chi connectivity index (χ1) is 17.8. The summed E-state index contributed by atoms with van der Waals surface area (Å²) in [6, 6.07) is 0. The van der Waals surface area contributed by atoms with Gasteiger partial charge in [-0.3, -0.25) is 0 Å². The van der Waals surface area contributed by atoms with Gasteiger partial charge in [-0.05, 0) is 92.3 Å². The molecule has 0 aliphatic heterocycles. The fraction of sp³-hybridized carbons (Fsp3) is 1.00. The molecule has 2 aliphatic rings. The number of hydrogen-bond donors (Lipinski definition) is 0. The van der Waals surface area contributed by atoms with Gasteiger partial charge in [0.2, 0.25) is 0 Å². The van der Waals surface area contributed by atoms with Gasteiger partial charge in [0.15, 0.2) is 0 Å². The minimum atomic E-state index is 0.350. The minimum absolute atomic E-state index is 0.350. The summed E-state index contributed by atoms with van der Waals surface area (Å²) in [6.07, 6.45) is 29.1. The summed E-state index contributed by atoms with van der Waals surface area (Å²) >= 11 is 5.66. The zero-order valence-corrected chi connectivity index (χ0v) is 31.5. The Hall–Kier alpha value is 1.46. The Bertz CT molecular complexity index is 648. The molecule has 0 N–H and O–H groups in total. The van der Waals surface area contributed by atoms with Crippen molar-refractivity contribution in [3.8, 4) is 0 Å². The van der Waals surface area contributed by atoms with Crippen LogP contribution in [0, 0.1) is 34.5 Å². The molecular weight excluding hydrogens is 686 g/mol. The molecular formula is C36H68I2. The van der Waals surface area contributed by atoms with E-state index in [1.807, 2.05) is 0 Å². The van der Waals surface area contributed by atoms with E-state index in [4.69, 9.17) is 0 Å². The first-order valence-corrected chi connectivity index (χ1v) is 19.3. The largest absolute Gasteiger partial charge is 0.0789 e. The summed E-state index contributed by atoms with van der Waals surface area (Å²) in [5, 5.41) is 0. The van der Waals surface area contributed by atoms with Crippen LogP contribution in [0.1, 0.15) is 184 Å². The fourth-order valence-electron chi connectivity index (χ4n) is 8.16. The summed E-state index contributed by atoms with van der Waals surface area (Å²) in [5.74, 6) is 3.68. The smallest absolute Gasteiger partial charge is 0.0219 e. The highest BCUT2D eigenvalue weighted by Gasteiger charge is 2.42. The highest BCUT2D eigenvalue weighted by atomic mass is 127. The SMILES string of the molecule is CCCC1CCCC2(CCCCC(C)C(C)CCC2)CCC(C)(C(C)(C)I)CCCC(C(C)(I)CC)CC1. The Morgan fingerprint density at radius 3 is 1.84 bits per heavy atom. The molecule has 0 saturated heterocycles. The summed E-state index contributed by atoms with van der Waals surface area (Å²) in [5.41, 5.74) is 1.04. The Morgan fingerprint density at radius 1 is 0.658 bits per heavy atom. The van der Waals surface area contributed by atoms with Crippen molar-refractivity contribution in [2.24, 2.45) is 34.5 Å². The van der Waals surface area contributed by atoms with Crippen molar-refractivity contribution in [2.45, 2.75) is 191 Å². The Balaban J connectivity index is 2.32. The van der Waals surface area contributed by atoms with Crippen LogP contribution in [0.3, 0.4) is 0 Å². The molecule has 2 rings (SSSR count). The molecule has 226 valence electrons. The molecule has 0 radical (unpaired) electrons. The van der Waals surface area contributed by atoms with Crippen molar-refractivity contribution in [3.05, 3.63) is 0 Å². The standard InChI is InChI=1S/C36H68I2/c1-9-16-31-19-14-26-36(24-12-11-17-29(3)30(4)18-13-25-36)28-27-34(7,33(5,6)37)23-15-20-32(22-21-31)35(8,38)10-2/h29-32H,9-28H2,1-8H3. The van der Waals surface area contributed by atoms with Crippen LogP contribution < -0.4 is 0 Å². The van der Waals surface area contributed by atoms with Crippen molar-refractivity contribution in [1.29, 1.82) is 0 Å². The molecule has 0 aromatic carbocycles. The number of halogens is 2. The second-order valence-electron chi connectivity index (χ2n) is 15.5. The first kappa shape index (κ1) is 35.7. The van der Waals surface area contributed by atoms with E-state index < -0.39 is 0 Å².